The summed E-state index contributed by atoms with van der Waals surface area (Å²) in [5.41, 5.74) is 0.906. The summed E-state index contributed by atoms with van der Waals surface area (Å²) >= 11 is 1.45. The molecule has 5 heteroatoms. The minimum Gasteiger partial charge on any atom is -0.492 e. The summed E-state index contributed by atoms with van der Waals surface area (Å²) < 4.78 is 0. The molecular formula is C7H7N3OS. The Labute approximate surface area is 72.9 Å². The van der Waals surface area contributed by atoms with Gasteiger partial charge in [-0.1, -0.05) is 0 Å². The Kier molecular flexibility index (Phi) is 1.58. The molecule has 0 saturated heterocycles. The first-order valence-electron chi connectivity index (χ1n) is 3.43. The van der Waals surface area contributed by atoms with Gasteiger partial charge in [0.05, 0.1) is 11.1 Å². The number of thiazole rings is 1. The molecule has 0 unspecified atom stereocenters. The van der Waals surface area contributed by atoms with Crippen LogP contribution in [0.5, 0.6) is 5.88 Å². The van der Waals surface area contributed by atoms with Crippen molar-refractivity contribution in [2.75, 3.05) is 0 Å². The molecule has 0 aliphatic heterocycles. The average Bonchev–Trinajstić information content (AvgIpc) is 2.61. The fraction of sp³-hybridized carbons (Fsp3) is 0.143. The maximum absolute atomic E-state index is 9.21. The number of hydrogen-bond acceptors (Lipinski definition) is 4. The van der Waals surface area contributed by atoms with Gasteiger partial charge in [-0.2, -0.15) is 5.10 Å². The first-order chi connectivity index (χ1) is 5.77. The molecule has 4 nitrogen and oxygen atoms in total. The second-order valence-corrected chi connectivity index (χ2v) is 3.59. The molecule has 2 heterocycles. The Morgan fingerprint density at radius 2 is 2.42 bits per heavy atom. The molecule has 12 heavy (non-hydrogen) atoms. The fourth-order valence-corrected chi connectivity index (χ4v) is 1.67. The zero-order chi connectivity index (χ0) is 8.55. The van der Waals surface area contributed by atoms with Gasteiger partial charge in [0.15, 0.2) is 0 Å². The van der Waals surface area contributed by atoms with E-state index in [1.54, 1.807) is 12.4 Å². The van der Waals surface area contributed by atoms with E-state index in [0.717, 1.165) is 15.4 Å². The number of aromatic hydroxyl groups is 1. The van der Waals surface area contributed by atoms with Crippen LogP contribution in [0.4, 0.5) is 0 Å². The van der Waals surface area contributed by atoms with Crippen molar-refractivity contribution in [3.05, 3.63) is 17.3 Å². The summed E-state index contributed by atoms with van der Waals surface area (Å²) in [5, 5.41) is 16.5. The van der Waals surface area contributed by atoms with Gasteiger partial charge < -0.3 is 5.11 Å². The van der Waals surface area contributed by atoms with Crippen molar-refractivity contribution in [3.8, 4) is 16.5 Å². The monoisotopic (exact) mass is 181 g/mol. The number of aromatic amines is 1. The second-order valence-electron chi connectivity index (χ2n) is 2.39. The minimum absolute atomic E-state index is 0.108. The van der Waals surface area contributed by atoms with Crippen molar-refractivity contribution < 1.29 is 5.11 Å². The molecule has 2 aromatic rings. The number of H-pyrrole nitrogens is 1. The third kappa shape index (κ3) is 1.08. The van der Waals surface area contributed by atoms with Gasteiger partial charge in [-0.25, -0.2) is 4.98 Å². The largest absolute Gasteiger partial charge is 0.492 e. The summed E-state index contributed by atoms with van der Waals surface area (Å²) in [6.45, 7) is 1.83. The van der Waals surface area contributed by atoms with E-state index in [9.17, 15) is 5.11 Å². The van der Waals surface area contributed by atoms with E-state index in [1.807, 2.05) is 6.92 Å². The first-order valence-corrected chi connectivity index (χ1v) is 4.24. The van der Waals surface area contributed by atoms with Crippen molar-refractivity contribution >= 4 is 11.3 Å². The molecule has 0 fully saturated rings. The predicted molar refractivity (Wildman–Crippen MR) is 46.1 cm³/mol. The number of rotatable bonds is 1. The third-order valence-corrected chi connectivity index (χ3v) is 2.53. The van der Waals surface area contributed by atoms with Crippen LogP contribution in [-0.2, 0) is 0 Å². The van der Waals surface area contributed by atoms with Crippen molar-refractivity contribution in [2.45, 2.75) is 6.92 Å². The van der Waals surface area contributed by atoms with E-state index < -0.39 is 0 Å². The van der Waals surface area contributed by atoms with Gasteiger partial charge in [0.2, 0.25) is 5.88 Å². The van der Waals surface area contributed by atoms with Crippen molar-refractivity contribution in [3.63, 3.8) is 0 Å². The zero-order valence-electron chi connectivity index (χ0n) is 6.40. The summed E-state index contributed by atoms with van der Waals surface area (Å²) in [5.74, 6) is 0.108. The lowest BCUT2D eigenvalue weighted by molar-refractivity contribution is 0.454. The standard InChI is InChI=1S/C7H7N3OS/c1-4-6(11)10-7(12-4)5-2-8-9-3-5/h2-3,11H,1H3,(H,8,9). The van der Waals surface area contributed by atoms with Crippen LogP contribution in [-0.4, -0.2) is 20.3 Å². The quantitative estimate of drug-likeness (QED) is 0.701. The van der Waals surface area contributed by atoms with Crippen LogP contribution < -0.4 is 0 Å². The van der Waals surface area contributed by atoms with Gasteiger partial charge in [-0.15, -0.1) is 11.3 Å². The van der Waals surface area contributed by atoms with Gasteiger partial charge >= 0.3 is 0 Å². The molecular weight excluding hydrogens is 174 g/mol. The zero-order valence-corrected chi connectivity index (χ0v) is 7.22. The maximum Gasteiger partial charge on any atom is 0.225 e. The van der Waals surface area contributed by atoms with Crippen LogP contribution in [0.3, 0.4) is 0 Å². The summed E-state index contributed by atoms with van der Waals surface area (Å²) in [7, 11) is 0. The number of nitrogens with one attached hydrogen (secondary N) is 1. The smallest absolute Gasteiger partial charge is 0.225 e. The van der Waals surface area contributed by atoms with Gasteiger partial charge in [0.25, 0.3) is 0 Å². The molecule has 0 spiro atoms. The van der Waals surface area contributed by atoms with E-state index in [-0.39, 0.29) is 5.88 Å². The lowest BCUT2D eigenvalue weighted by atomic mass is 10.4. The fourth-order valence-electron chi connectivity index (χ4n) is 0.880. The Morgan fingerprint density at radius 3 is 2.92 bits per heavy atom. The van der Waals surface area contributed by atoms with Crippen molar-refractivity contribution in [2.24, 2.45) is 0 Å². The van der Waals surface area contributed by atoms with Crippen LogP contribution in [0.25, 0.3) is 10.6 Å². The van der Waals surface area contributed by atoms with E-state index in [2.05, 4.69) is 15.2 Å². The Morgan fingerprint density at radius 1 is 1.58 bits per heavy atom. The van der Waals surface area contributed by atoms with Crippen LogP contribution in [0.1, 0.15) is 4.88 Å². The Hall–Kier alpha value is -1.36. The molecule has 0 bridgehead atoms. The molecule has 0 aliphatic carbocycles. The molecule has 0 aromatic carbocycles. The molecule has 0 aliphatic rings. The van der Waals surface area contributed by atoms with Gasteiger partial charge in [0.1, 0.15) is 5.01 Å². The SMILES string of the molecule is Cc1sc(-c2cn[nH]c2)nc1O. The summed E-state index contributed by atoms with van der Waals surface area (Å²) in [6.07, 6.45) is 3.43. The average molecular weight is 181 g/mol. The molecule has 0 saturated carbocycles. The first kappa shape index (κ1) is 7.30. The molecule has 0 radical (unpaired) electrons. The van der Waals surface area contributed by atoms with Gasteiger partial charge in [-0.3, -0.25) is 5.10 Å². The Balaban J connectivity index is 2.48. The van der Waals surface area contributed by atoms with Crippen LogP contribution in [0.15, 0.2) is 12.4 Å². The maximum atomic E-state index is 9.21. The number of aromatic nitrogens is 3. The van der Waals surface area contributed by atoms with E-state index in [4.69, 9.17) is 0 Å². The highest BCUT2D eigenvalue weighted by atomic mass is 32.1. The second kappa shape index (κ2) is 2.60. The molecule has 2 rings (SSSR count). The van der Waals surface area contributed by atoms with Crippen molar-refractivity contribution in [1.82, 2.24) is 15.2 Å². The summed E-state index contributed by atoms with van der Waals surface area (Å²) in [4.78, 5) is 4.79. The number of aryl methyl sites for hydroxylation is 1. The van der Waals surface area contributed by atoms with E-state index >= 15 is 0 Å². The number of nitrogens with zero attached hydrogens (tertiary/aromatic N) is 2. The molecule has 2 N–H and O–H groups in total. The molecule has 2 aromatic heterocycles. The van der Waals surface area contributed by atoms with Crippen molar-refractivity contribution in [1.29, 1.82) is 0 Å². The Bertz CT molecular complexity index is 360. The highest BCUT2D eigenvalue weighted by Gasteiger charge is 2.07. The van der Waals surface area contributed by atoms with E-state index in [1.165, 1.54) is 11.3 Å². The topological polar surface area (TPSA) is 61.8 Å². The van der Waals surface area contributed by atoms with E-state index in [0.29, 0.717) is 0 Å². The van der Waals surface area contributed by atoms with Crippen LogP contribution in [0.2, 0.25) is 0 Å². The molecule has 0 amide bonds. The normalized spacial score (nSPS) is 10.4. The minimum atomic E-state index is 0.108. The number of hydrogen-bond donors (Lipinski definition) is 2. The highest BCUT2D eigenvalue weighted by Crippen LogP contribution is 2.29. The van der Waals surface area contributed by atoms with Gasteiger partial charge in [0, 0.05) is 11.8 Å². The lowest BCUT2D eigenvalue weighted by Crippen LogP contribution is -1.69. The third-order valence-electron chi connectivity index (χ3n) is 1.52. The highest BCUT2D eigenvalue weighted by molar-refractivity contribution is 7.15. The lowest BCUT2D eigenvalue weighted by Gasteiger charge is -1.82. The molecule has 62 valence electrons. The summed E-state index contributed by atoms with van der Waals surface area (Å²) in [6, 6.07) is 0. The molecule has 0 atom stereocenters. The predicted octanol–water partition coefficient (Wildman–Crippen LogP) is 1.55. The van der Waals surface area contributed by atoms with Crippen LogP contribution >= 0.6 is 11.3 Å². The van der Waals surface area contributed by atoms with Crippen LogP contribution in [0, 0.1) is 6.92 Å². The van der Waals surface area contributed by atoms with Gasteiger partial charge in [-0.05, 0) is 6.92 Å².